The third-order valence-corrected chi connectivity index (χ3v) is 4.55. The highest BCUT2D eigenvalue weighted by molar-refractivity contribution is 6.31. The Bertz CT molecular complexity index is 329. The zero-order valence-corrected chi connectivity index (χ0v) is 12.3. The molecule has 0 spiro atoms. The van der Waals surface area contributed by atoms with Crippen molar-refractivity contribution in [1.29, 1.82) is 0 Å². The molecule has 2 heteroatoms. The van der Waals surface area contributed by atoms with E-state index in [1.165, 1.54) is 24.8 Å². The van der Waals surface area contributed by atoms with E-state index in [9.17, 15) is 0 Å². The molecule has 0 aliphatic heterocycles. The number of hydrogen-bond donors (Lipinski definition) is 0. The van der Waals surface area contributed by atoms with E-state index < -0.39 is 0 Å². The Morgan fingerprint density at radius 1 is 1.18 bits per heavy atom. The first-order valence-corrected chi connectivity index (χ1v) is 7.38. The molecule has 1 unspecified atom stereocenters. The van der Waals surface area contributed by atoms with Crippen LogP contribution in [0.3, 0.4) is 0 Å². The standard InChI is InChI=1S/C15H22Cl2/c1-3-5-10-15(4-2,12-16)11-13-8-6-7-9-14(13)17/h6-9H,3-5,10-12H2,1-2H3. The average molecular weight is 273 g/mol. The van der Waals surface area contributed by atoms with E-state index in [1.807, 2.05) is 12.1 Å². The third-order valence-electron chi connectivity index (χ3n) is 3.62. The molecule has 1 aromatic carbocycles. The van der Waals surface area contributed by atoms with Gasteiger partial charge in [-0.1, -0.05) is 56.5 Å². The van der Waals surface area contributed by atoms with Crippen LogP contribution in [0.5, 0.6) is 0 Å². The lowest BCUT2D eigenvalue weighted by molar-refractivity contribution is 0.279. The largest absolute Gasteiger partial charge is 0.126 e. The van der Waals surface area contributed by atoms with Gasteiger partial charge < -0.3 is 0 Å². The summed E-state index contributed by atoms with van der Waals surface area (Å²) in [7, 11) is 0. The number of halogens is 2. The summed E-state index contributed by atoms with van der Waals surface area (Å²) in [6.07, 6.45) is 5.76. The minimum atomic E-state index is 0.211. The van der Waals surface area contributed by atoms with Gasteiger partial charge in [0.25, 0.3) is 0 Å². The molecule has 0 fully saturated rings. The minimum absolute atomic E-state index is 0.211. The van der Waals surface area contributed by atoms with Crippen LogP contribution in [0, 0.1) is 5.41 Å². The Kier molecular flexibility index (Phi) is 6.37. The molecule has 0 amide bonds. The topological polar surface area (TPSA) is 0 Å². The van der Waals surface area contributed by atoms with E-state index in [-0.39, 0.29) is 5.41 Å². The zero-order valence-electron chi connectivity index (χ0n) is 10.8. The molecule has 0 nitrogen and oxygen atoms in total. The molecule has 0 radical (unpaired) electrons. The molecule has 1 aromatic rings. The fraction of sp³-hybridized carbons (Fsp3) is 0.600. The summed E-state index contributed by atoms with van der Waals surface area (Å²) < 4.78 is 0. The molecule has 0 aliphatic rings. The Morgan fingerprint density at radius 2 is 1.88 bits per heavy atom. The lowest BCUT2D eigenvalue weighted by Gasteiger charge is -2.31. The lowest BCUT2D eigenvalue weighted by atomic mass is 9.77. The molecule has 0 aromatic heterocycles. The van der Waals surface area contributed by atoms with Crippen molar-refractivity contribution in [1.82, 2.24) is 0 Å². The molecule has 0 saturated carbocycles. The van der Waals surface area contributed by atoms with Crippen molar-refractivity contribution < 1.29 is 0 Å². The summed E-state index contributed by atoms with van der Waals surface area (Å²) in [5.74, 6) is 0.717. The summed E-state index contributed by atoms with van der Waals surface area (Å²) in [6, 6.07) is 8.11. The monoisotopic (exact) mass is 272 g/mol. The van der Waals surface area contributed by atoms with E-state index in [0.29, 0.717) is 5.88 Å². The quantitative estimate of drug-likeness (QED) is 0.558. The van der Waals surface area contributed by atoms with Gasteiger partial charge in [0.1, 0.15) is 0 Å². The number of hydrogen-bond acceptors (Lipinski definition) is 0. The molecular weight excluding hydrogens is 251 g/mol. The van der Waals surface area contributed by atoms with Gasteiger partial charge in [0.05, 0.1) is 0 Å². The van der Waals surface area contributed by atoms with Gasteiger partial charge in [-0.2, -0.15) is 0 Å². The van der Waals surface area contributed by atoms with Gasteiger partial charge in [-0.15, -0.1) is 11.6 Å². The van der Waals surface area contributed by atoms with Crippen LogP contribution in [0.4, 0.5) is 0 Å². The van der Waals surface area contributed by atoms with Crippen LogP contribution >= 0.6 is 23.2 Å². The Hall–Kier alpha value is -0.200. The van der Waals surface area contributed by atoms with Crippen molar-refractivity contribution in [3.05, 3.63) is 34.9 Å². The predicted molar refractivity (Wildman–Crippen MR) is 78.1 cm³/mol. The normalized spacial score (nSPS) is 14.6. The fourth-order valence-electron chi connectivity index (χ4n) is 2.20. The first kappa shape index (κ1) is 14.9. The highest BCUT2D eigenvalue weighted by Crippen LogP contribution is 2.36. The zero-order chi connectivity index (χ0) is 12.7. The fourth-order valence-corrected chi connectivity index (χ4v) is 2.82. The maximum Gasteiger partial charge on any atom is 0.0438 e. The van der Waals surface area contributed by atoms with Crippen LogP contribution in [0.25, 0.3) is 0 Å². The van der Waals surface area contributed by atoms with Gasteiger partial charge >= 0.3 is 0 Å². The van der Waals surface area contributed by atoms with Crippen LogP contribution in [0.15, 0.2) is 24.3 Å². The predicted octanol–water partition coefficient (Wildman–Crippen LogP) is 5.71. The molecule has 1 atom stereocenters. The van der Waals surface area contributed by atoms with Crippen molar-refractivity contribution in [2.45, 2.75) is 46.0 Å². The van der Waals surface area contributed by atoms with E-state index in [2.05, 4.69) is 26.0 Å². The second-order valence-electron chi connectivity index (χ2n) is 4.86. The lowest BCUT2D eigenvalue weighted by Crippen LogP contribution is -2.25. The van der Waals surface area contributed by atoms with Gasteiger partial charge in [-0.3, -0.25) is 0 Å². The summed E-state index contributed by atoms with van der Waals surface area (Å²) in [6.45, 7) is 4.46. The Balaban J connectivity index is 2.82. The molecule has 96 valence electrons. The van der Waals surface area contributed by atoms with E-state index in [1.54, 1.807) is 0 Å². The van der Waals surface area contributed by atoms with Crippen molar-refractivity contribution in [2.24, 2.45) is 5.41 Å². The Morgan fingerprint density at radius 3 is 2.41 bits per heavy atom. The van der Waals surface area contributed by atoms with Crippen molar-refractivity contribution in [3.8, 4) is 0 Å². The molecular formula is C15H22Cl2. The number of benzene rings is 1. The van der Waals surface area contributed by atoms with E-state index in [0.717, 1.165) is 17.9 Å². The van der Waals surface area contributed by atoms with Crippen molar-refractivity contribution in [2.75, 3.05) is 5.88 Å². The third kappa shape index (κ3) is 4.19. The van der Waals surface area contributed by atoms with Crippen LogP contribution in [-0.2, 0) is 6.42 Å². The molecule has 1 rings (SSSR count). The average Bonchev–Trinajstić information content (AvgIpc) is 2.37. The van der Waals surface area contributed by atoms with Gasteiger partial charge in [-0.05, 0) is 36.3 Å². The second-order valence-corrected chi connectivity index (χ2v) is 5.53. The van der Waals surface area contributed by atoms with Crippen LogP contribution in [0.1, 0.15) is 45.1 Å². The summed E-state index contributed by atoms with van der Waals surface area (Å²) in [4.78, 5) is 0. The van der Waals surface area contributed by atoms with Gasteiger partial charge in [-0.25, -0.2) is 0 Å². The van der Waals surface area contributed by atoms with E-state index in [4.69, 9.17) is 23.2 Å². The SMILES string of the molecule is CCCCC(CC)(CCl)Cc1ccccc1Cl. The van der Waals surface area contributed by atoms with Gasteiger partial charge in [0.2, 0.25) is 0 Å². The van der Waals surface area contributed by atoms with Crippen LogP contribution < -0.4 is 0 Å². The highest BCUT2D eigenvalue weighted by Gasteiger charge is 2.27. The molecule has 0 bridgehead atoms. The number of alkyl halides is 1. The Labute approximate surface area is 115 Å². The van der Waals surface area contributed by atoms with Crippen molar-refractivity contribution >= 4 is 23.2 Å². The van der Waals surface area contributed by atoms with Gasteiger partial charge in [0.15, 0.2) is 0 Å². The molecule has 0 heterocycles. The maximum atomic E-state index is 6.24. The highest BCUT2D eigenvalue weighted by atomic mass is 35.5. The second kappa shape index (κ2) is 7.28. The summed E-state index contributed by atoms with van der Waals surface area (Å²) >= 11 is 12.5. The summed E-state index contributed by atoms with van der Waals surface area (Å²) in [5, 5.41) is 0.868. The maximum absolute atomic E-state index is 6.24. The summed E-state index contributed by atoms with van der Waals surface area (Å²) in [5.41, 5.74) is 1.44. The molecule has 17 heavy (non-hydrogen) atoms. The van der Waals surface area contributed by atoms with Crippen molar-refractivity contribution in [3.63, 3.8) is 0 Å². The molecule has 0 saturated heterocycles. The number of unbranched alkanes of at least 4 members (excludes halogenated alkanes) is 1. The number of rotatable bonds is 7. The first-order chi connectivity index (χ1) is 8.17. The molecule has 0 aliphatic carbocycles. The van der Waals surface area contributed by atoms with Gasteiger partial charge in [0, 0.05) is 10.9 Å². The first-order valence-electron chi connectivity index (χ1n) is 6.47. The van der Waals surface area contributed by atoms with Crippen LogP contribution in [0.2, 0.25) is 5.02 Å². The molecule has 0 N–H and O–H groups in total. The van der Waals surface area contributed by atoms with E-state index >= 15 is 0 Å². The minimum Gasteiger partial charge on any atom is -0.126 e. The van der Waals surface area contributed by atoms with Crippen LogP contribution in [-0.4, -0.2) is 5.88 Å². The smallest absolute Gasteiger partial charge is 0.0438 e.